The second kappa shape index (κ2) is 7.32. The maximum atomic E-state index is 13.8. The molecule has 0 aromatic heterocycles. The van der Waals surface area contributed by atoms with Crippen molar-refractivity contribution < 1.29 is 14.0 Å². The van der Waals surface area contributed by atoms with Crippen LogP contribution in [-0.2, 0) is 9.59 Å². The van der Waals surface area contributed by atoms with Crippen LogP contribution in [0.25, 0.3) is 0 Å². The van der Waals surface area contributed by atoms with Crippen molar-refractivity contribution in [2.75, 3.05) is 14.1 Å². The highest BCUT2D eigenvalue weighted by molar-refractivity contribution is 6.02. The number of carbonyl (C=O) groups is 2. The van der Waals surface area contributed by atoms with Gasteiger partial charge < -0.3 is 0 Å². The predicted octanol–water partition coefficient (Wildman–Crippen LogP) is 4.02. The summed E-state index contributed by atoms with van der Waals surface area (Å²) in [6.45, 7) is 0. The number of allylic oxidation sites excluding steroid dienone is 2. The average molecular weight is 378 g/mol. The number of benzene rings is 2. The molecule has 28 heavy (non-hydrogen) atoms. The third kappa shape index (κ3) is 3.27. The van der Waals surface area contributed by atoms with Crippen LogP contribution in [0.4, 0.5) is 4.39 Å². The number of hydrogen-bond acceptors (Lipinski definition) is 3. The molecule has 1 amide bonds. The Kier molecular flexibility index (Phi) is 4.85. The fraction of sp³-hybridized carbons (Fsp3) is 0.304. The first kappa shape index (κ1) is 18.6. The molecule has 1 aliphatic heterocycles. The lowest BCUT2D eigenvalue weighted by atomic mass is 9.73. The summed E-state index contributed by atoms with van der Waals surface area (Å²) in [6.07, 6.45) is 1.19. The van der Waals surface area contributed by atoms with Gasteiger partial charge in [0.25, 0.3) is 0 Å². The molecule has 4 rings (SSSR count). The molecule has 0 unspecified atom stereocenters. The van der Waals surface area contributed by atoms with E-state index in [9.17, 15) is 14.0 Å². The number of carbonyl (C=O) groups excluding carboxylic acids is 2. The summed E-state index contributed by atoms with van der Waals surface area (Å²) < 4.78 is 13.8. The van der Waals surface area contributed by atoms with E-state index in [1.807, 2.05) is 44.4 Å². The lowest BCUT2D eigenvalue weighted by molar-refractivity contribution is -0.143. The molecule has 0 saturated heterocycles. The van der Waals surface area contributed by atoms with Crippen molar-refractivity contribution in [1.29, 1.82) is 0 Å². The first-order valence-corrected chi connectivity index (χ1v) is 9.52. The van der Waals surface area contributed by atoms with Crippen LogP contribution in [0.5, 0.6) is 0 Å². The lowest BCUT2D eigenvalue weighted by Gasteiger charge is -2.42. The normalized spacial score (nSPS) is 22.6. The van der Waals surface area contributed by atoms with Gasteiger partial charge in [-0.25, -0.2) is 14.4 Å². The van der Waals surface area contributed by atoms with E-state index >= 15 is 0 Å². The molecule has 4 nitrogen and oxygen atoms in total. The minimum atomic E-state index is -0.390. The van der Waals surface area contributed by atoms with Gasteiger partial charge in [-0.3, -0.25) is 9.59 Å². The highest BCUT2D eigenvalue weighted by atomic mass is 19.1. The van der Waals surface area contributed by atoms with Gasteiger partial charge in [0, 0.05) is 44.1 Å². The van der Waals surface area contributed by atoms with Crippen molar-refractivity contribution in [2.24, 2.45) is 0 Å². The van der Waals surface area contributed by atoms with Gasteiger partial charge >= 0.3 is 0 Å². The quantitative estimate of drug-likeness (QED) is 0.810. The number of hydrogen-bond donors (Lipinski definition) is 0. The highest BCUT2D eigenvalue weighted by Gasteiger charge is 2.42. The Morgan fingerprint density at radius 3 is 2.32 bits per heavy atom. The van der Waals surface area contributed by atoms with E-state index in [4.69, 9.17) is 0 Å². The first-order valence-electron chi connectivity index (χ1n) is 9.52. The number of rotatable bonds is 3. The van der Waals surface area contributed by atoms with Crippen LogP contribution >= 0.6 is 0 Å². The Morgan fingerprint density at radius 1 is 0.929 bits per heavy atom. The molecule has 1 heterocycles. The van der Waals surface area contributed by atoms with E-state index < -0.39 is 5.92 Å². The Hall–Kier alpha value is -2.79. The summed E-state index contributed by atoms with van der Waals surface area (Å²) in [6, 6.07) is 16.2. The first-order chi connectivity index (χ1) is 13.5. The molecule has 2 aromatic carbocycles. The molecular weight excluding hydrogens is 355 g/mol. The van der Waals surface area contributed by atoms with E-state index in [1.54, 1.807) is 22.2 Å². The number of halogens is 1. The molecule has 0 fully saturated rings. The fourth-order valence-corrected chi connectivity index (χ4v) is 4.45. The summed E-state index contributed by atoms with van der Waals surface area (Å²) in [5.41, 5.74) is 3.19. The van der Waals surface area contributed by atoms with Crippen LogP contribution in [0.15, 0.2) is 65.9 Å². The van der Waals surface area contributed by atoms with Crippen molar-refractivity contribution in [3.8, 4) is 0 Å². The van der Waals surface area contributed by atoms with Crippen LogP contribution < -0.4 is 0 Å². The van der Waals surface area contributed by atoms with Gasteiger partial charge in [0.2, 0.25) is 5.91 Å². The minimum Gasteiger partial charge on any atom is -0.294 e. The largest absolute Gasteiger partial charge is 0.294 e. The Balaban J connectivity index is 1.82. The van der Waals surface area contributed by atoms with Crippen molar-refractivity contribution in [1.82, 2.24) is 10.0 Å². The molecule has 0 radical (unpaired) electrons. The average Bonchev–Trinajstić information content (AvgIpc) is 2.67. The topological polar surface area (TPSA) is 40.6 Å². The second-order valence-electron chi connectivity index (χ2n) is 7.66. The molecule has 144 valence electrons. The second-order valence-corrected chi connectivity index (χ2v) is 7.66. The molecule has 1 aliphatic carbocycles. The van der Waals surface area contributed by atoms with Crippen LogP contribution in [-0.4, -0.2) is 35.8 Å². The van der Waals surface area contributed by atoms with E-state index in [1.165, 1.54) is 12.1 Å². The summed E-state index contributed by atoms with van der Waals surface area (Å²) >= 11 is 0. The van der Waals surface area contributed by atoms with Gasteiger partial charge in [0.05, 0.1) is 0 Å². The smallest absolute Gasteiger partial charge is 0.242 e. The molecule has 2 aliphatic rings. The predicted molar refractivity (Wildman–Crippen MR) is 105 cm³/mol. The third-order valence-electron chi connectivity index (χ3n) is 5.62. The van der Waals surface area contributed by atoms with Crippen molar-refractivity contribution in [3.05, 3.63) is 82.8 Å². The van der Waals surface area contributed by atoms with Crippen molar-refractivity contribution in [2.45, 2.75) is 31.1 Å². The molecule has 0 saturated carbocycles. The van der Waals surface area contributed by atoms with E-state index in [-0.39, 0.29) is 29.8 Å². The molecule has 2 atom stereocenters. The fourth-order valence-electron chi connectivity index (χ4n) is 4.45. The van der Waals surface area contributed by atoms with Crippen molar-refractivity contribution in [3.63, 3.8) is 0 Å². The van der Waals surface area contributed by atoms with Gasteiger partial charge in [-0.05, 0) is 35.6 Å². The zero-order chi connectivity index (χ0) is 19.8. The van der Waals surface area contributed by atoms with Gasteiger partial charge in [-0.2, -0.15) is 0 Å². The number of nitrogens with zero attached hydrogens (tertiary/aromatic N) is 2. The maximum absolute atomic E-state index is 13.8. The van der Waals surface area contributed by atoms with Gasteiger partial charge in [0.15, 0.2) is 5.78 Å². The molecule has 0 spiro atoms. The standard InChI is InChI=1S/C23H23FN2O2/c1-25(2)26-20-12-17(15-7-4-3-5-8-15)13-21(27)23(20)19(14-22(26)28)16-9-6-10-18(24)11-16/h3-11,17,19H,12-14H2,1-2H3/t17-,19-/m0/s1. The number of amides is 1. The highest BCUT2D eigenvalue weighted by Crippen LogP contribution is 2.45. The van der Waals surface area contributed by atoms with Crippen LogP contribution in [0.2, 0.25) is 0 Å². The third-order valence-corrected chi connectivity index (χ3v) is 5.62. The maximum Gasteiger partial charge on any atom is 0.242 e. The number of Topliss-reactive ketones (excluding diaryl/α,β-unsaturated/α-hetero) is 1. The molecular formula is C23H23FN2O2. The molecule has 0 bridgehead atoms. The Bertz CT molecular complexity index is 952. The SMILES string of the molecule is CN(C)N1C(=O)C[C@@H](c2cccc(F)c2)C2=C1C[C@H](c1ccccc1)CC2=O. The van der Waals surface area contributed by atoms with Crippen LogP contribution in [0.1, 0.15) is 42.2 Å². The van der Waals surface area contributed by atoms with E-state index in [0.29, 0.717) is 24.0 Å². The number of ketones is 1. The molecule has 5 heteroatoms. The van der Waals surface area contributed by atoms with Crippen molar-refractivity contribution >= 4 is 11.7 Å². The Labute approximate surface area is 164 Å². The van der Waals surface area contributed by atoms with Gasteiger partial charge in [0.1, 0.15) is 5.82 Å². The summed E-state index contributed by atoms with van der Waals surface area (Å²) in [5.74, 6) is -0.733. The monoisotopic (exact) mass is 378 g/mol. The zero-order valence-corrected chi connectivity index (χ0v) is 16.1. The lowest BCUT2D eigenvalue weighted by Crippen LogP contribution is -2.47. The number of hydrazine groups is 1. The summed E-state index contributed by atoms with van der Waals surface area (Å²) in [5, 5.41) is 3.36. The van der Waals surface area contributed by atoms with Gasteiger partial charge in [-0.1, -0.05) is 42.5 Å². The van der Waals surface area contributed by atoms with E-state index in [2.05, 4.69) is 0 Å². The zero-order valence-electron chi connectivity index (χ0n) is 16.1. The van der Waals surface area contributed by atoms with E-state index in [0.717, 1.165) is 11.3 Å². The van der Waals surface area contributed by atoms with Gasteiger partial charge in [-0.15, -0.1) is 0 Å². The van der Waals surface area contributed by atoms with Crippen LogP contribution in [0.3, 0.4) is 0 Å². The van der Waals surface area contributed by atoms with Crippen LogP contribution in [0, 0.1) is 5.82 Å². The molecule has 2 aromatic rings. The Morgan fingerprint density at radius 2 is 1.64 bits per heavy atom. The summed E-state index contributed by atoms with van der Waals surface area (Å²) in [4.78, 5) is 26.2. The molecule has 0 N–H and O–H groups in total. The minimum absolute atomic E-state index is 0.0361. The summed E-state index contributed by atoms with van der Waals surface area (Å²) in [7, 11) is 3.61.